The number of halogens is 2. The lowest BCUT2D eigenvalue weighted by Gasteiger charge is -2.15. The van der Waals surface area contributed by atoms with Crippen molar-refractivity contribution in [3.05, 3.63) is 65.0 Å². The molecule has 9 heteroatoms. The monoisotopic (exact) mass is 474 g/mol. The molecule has 0 N–H and O–H groups in total. The first-order valence-corrected chi connectivity index (χ1v) is 12.2. The lowest BCUT2D eigenvalue weighted by atomic mass is 9.96. The van der Waals surface area contributed by atoms with Crippen LogP contribution in [-0.2, 0) is 19.4 Å². The maximum Gasteiger partial charge on any atom is 0.280 e. The summed E-state index contributed by atoms with van der Waals surface area (Å²) < 4.78 is 31.5. The van der Waals surface area contributed by atoms with Gasteiger partial charge in [-0.3, -0.25) is 0 Å². The highest BCUT2D eigenvalue weighted by molar-refractivity contribution is 7.26. The minimum Gasteiger partial charge on any atom is -0.337 e. The maximum atomic E-state index is 13.3. The van der Waals surface area contributed by atoms with Crippen LogP contribution in [0.1, 0.15) is 47.6 Å². The number of hydrogen-bond donors (Lipinski definition) is 0. The van der Waals surface area contributed by atoms with Gasteiger partial charge in [-0.25, -0.2) is 28.2 Å². The van der Waals surface area contributed by atoms with Gasteiger partial charge in [0.05, 0.1) is 12.1 Å². The van der Waals surface area contributed by atoms with Crippen molar-refractivity contribution in [2.75, 3.05) is 0 Å². The van der Waals surface area contributed by atoms with Gasteiger partial charge in [-0.15, -0.1) is 16.4 Å². The first-order valence-electron chi connectivity index (χ1n) is 11.4. The largest absolute Gasteiger partial charge is 0.337 e. The predicted molar refractivity (Wildman–Crippen MR) is 129 cm³/mol. The van der Waals surface area contributed by atoms with Gasteiger partial charge in [-0.1, -0.05) is 18.2 Å². The van der Waals surface area contributed by atoms with Crippen molar-refractivity contribution in [1.82, 2.24) is 29.1 Å². The fourth-order valence-corrected chi connectivity index (χ4v) is 6.55. The van der Waals surface area contributed by atoms with Crippen molar-refractivity contribution in [3.63, 3.8) is 0 Å². The zero-order valence-corrected chi connectivity index (χ0v) is 19.2. The quantitative estimate of drug-likeness (QED) is 0.315. The van der Waals surface area contributed by atoms with E-state index in [9.17, 15) is 8.78 Å². The van der Waals surface area contributed by atoms with E-state index in [1.807, 2.05) is 6.92 Å². The highest BCUT2D eigenvalue weighted by Crippen LogP contribution is 2.37. The van der Waals surface area contributed by atoms with Crippen molar-refractivity contribution in [3.8, 4) is 0 Å². The average Bonchev–Trinajstić information content (AvgIpc) is 3.51. The molecule has 1 aromatic carbocycles. The molecule has 0 saturated carbocycles. The van der Waals surface area contributed by atoms with Crippen LogP contribution in [0.5, 0.6) is 0 Å². The van der Waals surface area contributed by atoms with Crippen LogP contribution in [0.15, 0.2) is 36.7 Å². The topological polar surface area (TPSA) is 60.9 Å². The van der Waals surface area contributed by atoms with E-state index in [0.717, 1.165) is 34.0 Å². The number of alkyl halides is 2. The molecule has 0 fully saturated rings. The molecule has 34 heavy (non-hydrogen) atoms. The summed E-state index contributed by atoms with van der Waals surface area (Å²) >= 11 is 1.35. The molecular weight excluding hydrogens is 454 g/mol. The number of nitrogens with zero attached hydrogens (tertiary/aromatic N) is 6. The Labute approximate surface area is 196 Å². The Morgan fingerprint density at radius 3 is 2.85 bits per heavy atom. The Kier molecular flexibility index (Phi) is 4.27. The Balaban J connectivity index is 1.39. The van der Waals surface area contributed by atoms with E-state index in [0.29, 0.717) is 22.8 Å². The van der Waals surface area contributed by atoms with Crippen molar-refractivity contribution in [1.29, 1.82) is 0 Å². The van der Waals surface area contributed by atoms with Gasteiger partial charge in [0.1, 0.15) is 21.6 Å². The van der Waals surface area contributed by atoms with E-state index >= 15 is 0 Å². The molecule has 0 aliphatic heterocycles. The molecule has 7 rings (SSSR count). The minimum absolute atomic E-state index is 0.209. The van der Waals surface area contributed by atoms with Crippen LogP contribution in [0.4, 0.5) is 8.78 Å². The van der Waals surface area contributed by atoms with E-state index in [-0.39, 0.29) is 5.69 Å². The lowest BCUT2D eigenvalue weighted by Crippen LogP contribution is -2.10. The Morgan fingerprint density at radius 2 is 1.97 bits per heavy atom. The number of pyridine rings is 1. The van der Waals surface area contributed by atoms with E-state index in [2.05, 4.69) is 38.8 Å². The second-order valence-electron chi connectivity index (χ2n) is 8.90. The predicted octanol–water partition coefficient (Wildman–Crippen LogP) is 6.02. The molecule has 6 aromatic rings. The second-order valence-corrected chi connectivity index (χ2v) is 9.90. The third kappa shape index (κ3) is 2.82. The molecule has 0 radical (unpaired) electrons. The van der Waals surface area contributed by atoms with Crippen LogP contribution in [0.2, 0.25) is 0 Å². The van der Waals surface area contributed by atoms with Crippen molar-refractivity contribution in [2.45, 2.75) is 45.6 Å². The van der Waals surface area contributed by atoms with Crippen LogP contribution >= 0.6 is 11.3 Å². The van der Waals surface area contributed by atoms with Gasteiger partial charge in [0.25, 0.3) is 6.43 Å². The van der Waals surface area contributed by atoms with E-state index in [4.69, 9.17) is 10.1 Å². The summed E-state index contributed by atoms with van der Waals surface area (Å²) in [6, 6.07) is 10.0. The standard InChI is InChI=1S/C25H20F2N6S/c1-13-10-16(23(26)27)29-25-20(13)21-22(34-25)24-30-19(31-33(24)12-28-21)11-32-17-8-4-2-6-14(17)15-7-3-5-9-18(15)32/h2,4,6,8,10,12,23H,3,5,7,9,11H2,1H3. The van der Waals surface area contributed by atoms with E-state index in [1.54, 1.807) is 10.8 Å². The number of aromatic nitrogens is 6. The van der Waals surface area contributed by atoms with Crippen molar-refractivity contribution in [2.24, 2.45) is 0 Å². The summed E-state index contributed by atoms with van der Waals surface area (Å²) in [5.74, 6) is 0.707. The third-order valence-electron chi connectivity index (χ3n) is 6.84. The van der Waals surface area contributed by atoms with Gasteiger partial charge in [-0.2, -0.15) is 0 Å². The van der Waals surface area contributed by atoms with Crippen molar-refractivity contribution >= 4 is 48.3 Å². The number of hydrogen-bond acceptors (Lipinski definition) is 5. The van der Waals surface area contributed by atoms with E-state index < -0.39 is 6.43 Å². The molecule has 170 valence electrons. The molecule has 5 aromatic heterocycles. The second kappa shape index (κ2) is 7.27. The first kappa shape index (κ1) is 20.0. The van der Waals surface area contributed by atoms with Crippen molar-refractivity contribution < 1.29 is 8.78 Å². The molecule has 0 saturated heterocycles. The van der Waals surface area contributed by atoms with Crippen LogP contribution in [-0.4, -0.2) is 29.1 Å². The first-order chi connectivity index (χ1) is 16.6. The maximum absolute atomic E-state index is 13.3. The molecule has 0 bridgehead atoms. The molecular formula is C25H20F2N6S. The fourth-order valence-electron chi connectivity index (χ4n) is 5.37. The SMILES string of the molecule is Cc1cc(C(F)F)nc2sc3c(ncn4nc(Cn5c6c(c7ccccc75)CCCC6)nc34)c12. The Bertz CT molecular complexity index is 1750. The Morgan fingerprint density at radius 1 is 1.12 bits per heavy atom. The van der Waals surface area contributed by atoms with Gasteiger partial charge in [0.2, 0.25) is 0 Å². The van der Waals surface area contributed by atoms with E-state index in [1.165, 1.54) is 52.4 Å². The van der Waals surface area contributed by atoms with Gasteiger partial charge >= 0.3 is 0 Å². The summed E-state index contributed by atoms with van der Waals surface area (Å²) in [5.41, 5.74) is 6.02. The number of benzene rings is 1. The Hall–Kier alpha value is -3.46. The molecule has 6 nitrogen and oxygen atoms in total. The van der Waals surface area contributed by atoms with Crippen LogP contribution in [0.3, 0.4) is 0 Å². The highest BCUT2D eigenvalue weighted by atomic mass is 32.1. The lowest BCUT2D eigenvalue weighted by molar-refractivity contribution is 0.146. The normalized spacial score (nSPS) is 14.2. The van der Waals surface area contributed by atoms with Crippen LogP contribution in [0, 0.1) is 6.92 Å². The summed E-state index contributed by atoms with van der Waals surface area (Å²) in [6.45, 7) is 2.40. The van der Waals surface area contributed by atoms with Gasteiger partial charge < -0.3 is 4.57 Å². The number of thiophene rings is 1. The third-order valence-corrected chi connectivity index (χ3v) is 7.90. The van der Waals surface area contributed by atoms with Gasteiger partial charge in [0, 0.05) is 22.0 Å². The molecule has 0 spiro atoms. The fraction of sp³-hybridized carbons (Fsp3) is 0.280. The average molecular weight is 475 g/mol. The summed E-state index contributed by atoms with van der Waals surface area (Å²) in [4.78, 5) is 14.2. The summed E-state index contributed by atoms with van der Waals surface area (Å²) in [6.07, 6.45) is 3.65. The molecule has 5 heterocycles. The smallest absolute Gasteiger partial charge is 0.280 e. The zero-order valence-electron chi connectivity index (χ0n) is 18.4. The molecule has 1 aliphatic rings. The van der Waals surface area contributed by atoms with Gasteiger partial charge in [-0.05, 0) is 55.9 Å². The number of rotatable bonds is 3. The zero-order chi connectivity index (χ0) is 23.0. The van der Waals surface area contributed by atoms with Gasteiger partial charge in [0.15, 0.2) is 11.5 Å². The summed E-state index contributed by atoms with van der Waals surface area (Å²) in [5, 5.41) is 6.85. The molecule has 0 atom stereocenters. The van der Waals surface area contributed by atoms with Crippen LogP contribution < -0.4 is 0 Å². The molecule has 0 amide bonds. The number of fused-ring (bicyclic) bond motifs is 8. The highest BCUT2D eigenvalue weighted by Gasteiger charge is 2.22. The summed E-state index contributed by atoms with van der Waals surface area (Å²) in [7, 11) is 0. The van der Waals surface area contributed by atoms with Crippen LogP contribution in [0.25, 0.3) is 37.0 Å². The molecule has 0 unspecified atom stereocenters. The molecule has 1 aliphatic carbocycles. The minimum atomic E-state index is -2.61. The number of aryl methyl sites for hydroxylation is 2. The number of para-hydroxylation sites is 1.